The minimum atomic E-state index is -1.35. The van der Waals surface area contributed by atoms with E-state index in [0.29, 0.717) is 5.56 Å². The minimum absolute atomic E-state index is 0.0745. The standard InChI is InChI=1S/C34H32N2O6/c1-22(41-20-23-12-4-2-5-13-23)30(33(38)39)35-32(37)31(24-14-6-3-7-15-24)36-34(40)42-21-29-27-18-10-8-16-25(27)26-17-9-11-19-28(26)29/h2-19,22,29-31H,20-21H2,1H3,(H,35,37)(H,36,40)(H,38,39)/t22?,30?,31-/m1/s1. The Morgan fingerprint density at radius 2 is 1.31 bits per heavy atom. The number of fused-ring (bicyclic) bond motifs is 3. The maximum Gasteiger partial charge on any atom is 0.408 e. The molecule has 0 aliphatic heterocycles. The lowest BCUT2D eigenvalue weighted by Gasteiger charge is -2.25. The SMILES string of the molecule is CC(OCc1ccccc1)C(NC(=O)[C@H](NC(=O)OCC1c2ccccc2-c2ccccc21)c1ccccc1)C(=O)O. The number of carboxylic acid groups (broad SMARTS) is 1. The van der Waals surface area contributed by atoms with Crippen LogP contribution in [0.2, 0.25) is 0 Å². The molecule has 0 aromatic heterocycles. The fraction of sp³-hybridized carbons (Fsp3) is 0.206. The molecule has 2 amide bonds. The molecule has 1 aliphatic rings. The highest BCUT2D eigenvalue weighted by atomic mass is 16.5. The summed E-state index contributed by atoms with van der Waals surface area (Å²) in [6.45, 7) is 1.84. The van der Waals surface area contributed by atoms with Crippen LogP contribution in [0, 0.1) is 0 Å². The number of carbonyl (C=O) groups is 3. The third-order valence-electron chi connectivity index (χ3n) is 7.39. The third-order valence-corrected chi connectivity index (χ3v) is 7.39. The van der Waals surface area contributed by atoms with Gasteiger partial charge in [-0.1, -0.05) is 109 Å². The van der Waals surface area contributed by atoms with Gasteiger partial charge < -0.3 is 25.2 Å². The topological polar surface area (TPSA) is 114 Å². The molecule has 4 aromatic carbocycles. The first kappa shape index (κ1) is 28.6. The first-order chi connectivity index (χ1) is 20.4. The molecular weight excluding hydrogens is 532 g/mol. The number of hydrogen-bond donors (Lipinski definition) is 3. The number of rotatable bonds is 11. The van der Waals surface area contributed by atoms with Gasteiger partial charge in [-0.2, -0.15) is 0 Å². The molecule has 0 radical (unpaired) electrons. The van der Waals surface area contributed by atoms with Crippen molar-refractivity contribution < 1.29 is 29.0 Å². The molecule has 0 spiro atoms. The molecule has 4 aromatic rings. The van der Waals surface area contributed by atoms with Crippen LogP contribution < -0.4 is 10.6 Å². The van der Waals surface area contributed by atoms with E-state index in [1.165, 1.54) is 0 Å². The summed E-state index contributed by atoms with van der Waals surface area (Å²) in [7, 11) is 0. The lowest BCUT2D eigenvalue weighted by atomic mass is 9.98. The van der Waals surface area contributed by atoms with E-state index in [2.05, 4.69) is 10.6 Å². The molecule has 0 fully saturated rings. The van der Waals surface area contributed by atoms with Gasteiger partial charge in [-0.3, -0.25) is 4.79 Å². The normalized spacial score (nSPS) is 14.1. The number of hydrogen-bond acceptors (Lipinski definition) is 5. The van der Waals surface area contributed by atoms with Crippen molar-refractivity contribution in [3.63, 3.8) is 0 Å². The van der Waals surface area contributed by atoms with E-state index in [1.54, 1.807) is 37.3 Å². The summed E-state index contributed by atoms with van der Waals surface area (Å²) in [6.07, 6.45) is -1.64. The molecule has 3 N–H and O–H groups in total. The number of aliphatic carboxylic acids is 1. The second-order valence-corrected chi connectivity index (χ2v) is 10.1. The van der Waals surface area contributed by atoms with Crippen molar-refractivity contribution in [2.45, 2.75) is 37.6 Å². The van der Waals surface area contributed by atoms with Crippen molar-refractivity contribution in [2.24, 2.45) is 0 Å². The molecule has 8 heteroatoms. The molecule has 42 heavy (non-hydrogen) atoms. The number of ether oxygens (including phenoxy) is 2. The summed E-state index contributed by atoms with van der Waals surface area (Å²) in [5.41, 5.74) is 5.69. The molecule has 214 valence electrons. The summed E-state index contributed by atoms with van der Waals surface area (Å²) in [4.78, 5) is 38.6. The Kier molecular flexibility index (Phi) is 8.94. The Labute approximate surface area is 244 Å². The Hall–Kier alpha value is -4.95. The van der Waals surface area contributed by atoms with Crippen LogP contribution in [0.25, 0.3) is 11.1 Å². The van der Waals surface area contributed by atoms with Gasteiger partial charge in [0.1, 0.15) is 12.6 Å². The first-order valence-corrected chi connectivity index (χ1v) is 13.8. The Bertz CT molecular complexity index is 1500. The predicted molar refractivity (Wildman–Crippen MR) is 158 cm³/mol. The van der Waals surface area contributed by atoms with E-state index >= 15 is 0 Å². The number of benzene rings is 4. The van der Waals surface area contributed by atoms with E-state index in [9.17, 15) is 19.5 Å². The summed E-state index contributed by atoms with van der Waals surface area (Å²) < 4.78 is 11.4. The van der Waals surface area contributed by atoms with Gasteiger partial charge in [0.15, 0.2) is 6.04 Å². The summed E-state index contributed by atoms with van der Waals surface area (Å²) in [5, 5.41) is 15.1. The minimum Gasteiger partial charge on any atom is -0.480 e. The summed E-state index contributed by atoms with van der Waals surface area (Å²) in [6, 6.07) is 31.4. The van der Waals surface area contributed by atoms with E-state index in [1.807, 2.05) is 78.9 Å². The first-order valence-electron chi connectivity index (χ1n) is 13.8. The number of nitrogens with one attached hydrogen (secondary N) is 2. The fourth-order valence-corrected chi connectivity index (χ4v) is 5.22. The van der Waals surface area contributed by atoms with Crippen LogP contribution in [0.3, 0.4) is 0 Å². The lowest BCUT2D eigenvalue weighted by Crippen LogP contribution is -2.52. The molecular formula is C34H32N2O6. The van der Waals surface area contributed by atoms with Crippen LogP contribution in [-0.4, -0.2) is 41.8 Å². The number of carbonyl (C=O) groups excluding carboxylic acids is 2. The molecule has 0 saturated heterocycles. The largest absolute Gasteiger partial charge is 0.480 e. The van der Waals surface area contributed by atoms with Crippen molar-refractivity contribution in [2.75, 3.05) is 6.61 Å². The Balaban J connectivity index is 1.27. The molecule has 8 nitrogen and oxygen atoms in total. The van der Waals surface area contributed by atoms with Gasteiger partial charge in [0.05, 0.1) is 12.7 Å². The summed E-state index contributed by atoms with van der Waals surface area (Å²) >= 11 is 0. The molecule has 0 bridgehead atoms. The van der Waals surface area contributed by atoms with Gasteiger partial charge in [0.25, 0.3) is 0 Å². The maximum atomic E-state index is 13.5. The molecule has 2 unspecified atom stereocenters. The highest BCUT2D eigenvalue weighted by molar-refractivity contribution is 5.90. The van der Waals surface area contributed by atoms with Crippen LogP contribution >= 0.6 is 0 Å². The van der Waals surface area contributed by atoms with E-state index in [4.69, 9.17) is 9.47 Å². The average Bonchev–Trinajstić information content (AvgIpc) is 3.34. The van der Waals surface area contributed by atoms with Crippen LogP contribution in [-0.2, 0) is 25.7 Å². The molecule has 0 saturated carbocycles. The van der Waals surface area contributed by atoms with Gasteiger partial charge in [-0.25, -0.2) is 9.59 Å². The van der Waals surface area contributed by atoms with Crippen LogP contribution in [0.1, 0.15) is 41.1 Å². The van der Waals surface area contributed by atoms with E-state index in [-0.39, 0.29) is 19.1 Å². The maximum absolute atomic E-state index is 13.5. The zero-order valence-corrected chi connectivity index (χ0v) is 23.1. The van der Waals surface area contributed by atoms with Gasteiger partial charge in [0, 0.05) is 5.92 Å². The molecule has 3 atom stereocenters. The van der Waals surface area contributed by atoms with Crippen LogP contribution in [0.5, 0.6) is 0 Å². The number of carboxylic acids is 1. The molecule has 1 aliphatic carbocycles. The third kappa shape index (κ3) is 6.50. The van der Waals surface area contributed by atoms with Gasteiger partial charge >= 0.3 is 12.1 Å². The van der Waals surface area contributed by atoms with Crippen molar-refractivity contribution in [1.29, 1.82) is 0 Å². The van der Waals surface area contributed by atoms with Gasteiger partial charge in [-0.05, 0) is 40.3 Å². The lowest BCUT2D eigenvalue weighted by molar-refractivity contribution is -0.146. The van der Waals surface area contributed by atoms with Crippen LogP contribution in [0.15, 0.2) is 109 Å². The van der Waals surface area contributed by atoms with Gasteiger partial charge in [0.2, 0.25) is 5.91 Å². The average molecular weight is 565 g/mol. The van der Waals surface area contributed by atoms with Crippen molar-refractivity contribution in [3.05, 3.63) is 131 Å². The summed E-state index contributed by atoms with van der Waals surface area (Å²) in [5.74, 6) is -2.10. The molecule has 0 heterocycles. The monoisotopic (exact) mass is 564 g/mol. The van der Waals surface area contributed by atoms with Gasteiger partial charge in [-0.15, -0.1) is 0 Å². The van der Waals surface area contributed by atoms with E-state index < -0.39 is 36.2 Å². The second kappa shape index (κ2) is 13.1. The molecule has 5 rings (SSSR count). The number of alkyl carbamates (subject to hydrolysis) is 1. The highest BCUT2D eigenvalue weighted by Gasteiger charge is 2.33. The van der Waals surface area contributed by atoms with E-state index in [0.717, 1.165) is 27.8 Å². The fourth-order valence-electron chi connectivity index (χ4n) is 5.22. The highest BCUT2D eigenvalue weighted by Crippen LogP contribution is 2.44. The van der Waals surface area contributed by atoms with Crippen molar-refractivity contribution in [3.8, 4) is 11.1 Å². The quantitative estimate of drug-likeness (QED) is 0.224. The smallest absolute Gasteiger partial charge is 0.408 e. The van der Waals surface area contributed by atoms with Crippen molar-refractivity contribution >= 4 is 18.0 Å². The second-order valence-electron chi connectivity index (χ2n) is 10.1. The Morgan fingerprint density at radius 3 is 1.90 bits per heavy atom. The Morgan fingerprint density at radius 1 is 0.762 bits per heavy atom. The number of amides is 2. The predicted octanol–water partition coefficient (Wildman–Crippen LogP) is 5.44. The van der Waals surface area contributed by atoms with Crippen LogP contribution in [0.4, 0.5) is 4.79 Å². The zero-order chi connectivity index (χ0) is 29.5. The zero-order valence-electron chi connectivity index (χ0n) is 23.1. The van der Waals surface area contributed by atoms with Crippen molar-refractivity contribution in [1.82, 2.24) is 10.6 Å².